The molecular formula is C30H30Cl2HfNOSi. The zero-order valence-electron chi connectivity index (χ0n) is 20.8. The number of amides is 1. The van der Waals surface area contributed by atoms with E-state index in [4.69, 9.17) is 17.2 Å². The van der Waals surface area contributed by atoms with E-state index in [-0.39, 0.29) is 5.91 Å². The molecular weight excluding hydrogens is 668 g/mol. The monoisotopic (exact) mass is 698 g/mol. The average Bonchev–Trinajstić information content (AvgIpc) is 3.23. The van der Waals surface area contributed by atoms with Crippen molar-refractivity contribution in [3.63, 3.8) is 0 Å². The zero-order chi connectivity index (χ0) is 25.6. The Labute approximate surface area is 222 Å². The minimum atomic E-state index is -5.54. The molecule has 183 valence electrons. The summed E-state index contributed by atoms with van der Waals surface area (Å²) in [4.78, 5) is 13.7. The molecule has 2 nitrogen and oxygen atoms in total. The molecule has 0 unspecified atom stereocenters. The number of carbonyl (C=O) groups excluding carboxylic acids is 1. The number of hydrogen-bond acceptors (Lipinski definition) is 1. The summed E-state index contributed by atoms with van der Waals surface area (Å²) in [6, 6.07) is 35.5. The van der Waals surface area contributed by atoms with Gasteiger partial charge < -0.3 is 0 Å². The Balaban J connectivity index is 1.82. The standard InChI is InChI=1S/C13H9.C12H11Si.C5H11NO.2ClH.Hf/c1-3-7-12-10(5-1)9-11-6-2-4-8-13(11)12;1-3-7-11(8-4-1)13-12-9-5-2-6-10-12;1-5(2,3)4(6)7;;;/h1-5,7-8H,9H2;1-10,13H;1-3H3,(H2,6,7);2*1H;/q;;;;;+3/p-3. The molecule has 4 aromatic carbocycles. The topological polar surface area (TPSA) is 29.1 Å². The van der Waals surface area contributed by atoms with Crippen molar-refractivity contribution in [3.05, 3.63) is 114 Å². The van der Waals surface area contributed by atoms with Crippen molar-refractivity contribution in [2.75, 3.05) is 0 Å². The summed E-state index contributed by atoms with van der Waals surface area (Å²) in [5, 5.41) is 2.29. The predicted octanol–water partition coefficient (Wildman–Crippen LogP) is 5.50. The third kappa shape index (κ3) is 4.47. The SMILES string of the molecule is CC(C)(C)C(=O)[NH][Hf]([Cl])([Cl])([c]1cccc2c1Cc1ccccc1-2)[SiH](c1ccccc1)c1ccccc1. The van der Waals surface area contributed by atoms with E-state index in [1.165, 1.54) is 16.7 Å². The Hall–Kier alpha value is -1.98. The number of carbonyl (C=O) groups is 1. The number of fused-ring (bicyclic) bond motifs is 3. The zero-order valence-corrected chi connectivity index (χ0v) is 27.0. The van der Waals surface area contributed by atoms with Gasteiger partial charge in [-0.15, -0.1) is 0 Å². The van der Waals surface area contributed by atoms with E-state index < -0.39 is 27.0 Å². The summed E-state index contributed by atoms with van der Waals surface area (Å²) in [7, 11) is 16.2. The van der Waals surface area contributed by atoms with Gasteiger partial charge in [-0.2, -0.15) is 0 Å². The Morgan fingerprint density at radius 1 is 0.750 bits per heavy atom. The fourth-order valence-electron chi connectivity index (χ4n) is 5.35. The van der Waals surface area contributed by atoms with Gasteiger partial charge in [-0.3, -0.25) is 0 Å². The van der Waals surface area contributed by atoms with Gasteiger partial charge in [-0.05, 0) is 0 Å². The summed E-state index contributed by atoms with van der Waals surface area (Å²) < 4.78 is 4.43. The third-order valence-electron chi connectivity index (χ3n) is 7.14. The number of benzene rings is 4. The first-order valence-electron chi connectivity index (χ1n) is 12.3. The van der Waals surface area contributed by atoms with Gasteiger partial charge in [0.1, 0.15) is 0 Å². The minimum absolute atomic E-state index is 0.0969. The first kappa shape index (κ1) is 25.7. The first-order valence-corrected chi connectivity index (χ1v) is 32.7. The molecule has 1 aliphatic carbocycles. The van der Waals surface area contributed by atoms with Crippen molar-refractivity contribution >= 4 is 42.7 Å². The Kier molecular flexibility index (Phi) is 6.70. The van der Waals surface area contributed by atoms with Gasteiger partial charge in [0.05, 0.1) is 0 Å². The van der Waals surface area contributed by atoms with Crippen LogP contribution in [-0.2, 0) is 26.8 Å². The summed E-state index contributed by atoms with van der Waals surface area (Å²) in [6.45, 7) is 5.75. The van der Waals surface area contributed by atoms with Crippen molar-refractivity contribution in [2.45, 2.75) is 27.2 Å². The van der Waals surface area contributed by atoms with Crippen molar-refractivity contribution in [1.82, 2.24) is 3.30 Å². The molecule has 0 heterocycles. The van der Waals surface area contributed by atoms with Crippen LogP contribution >= 0.6 is 17.2 Å². The predicted molar refractivity (Wildman–Crippen MR) is 153 cm³/mol. The van der Waals surface area contributed by atoms with Gasteiger partial charge in [-0.25, -0.2) is 0 Å². The maximum absolute atomic E-state index is 13.7. The van der Waals surface area contributed by atoms with Gasteiger partial charge >= 0.3 is 224 Å². The van der Waals surface area contributed by atoms with Gasteiger partial charge in [0.2, 0.25) is 0 Å². The van der Waals surface area contributed by atoms with E-state index in [1.807, 2.05) is 57.2 Å². The first-order chi connectivity index (χ1) is 17.1. The van der Waals surface area contributed by atoms with Crippen LogP contribution in [-0.4, -0.2) is 11.9 Å². The average molecular weight is 698 g/mol. The van der Waals surface area contributed by atoms with Crippen molar-refractivity contribution < 1.29 is 20.4 Å². The van der Waals surface area contributed by atoms with Crippen LogP contribution in [0.4, 0.5) is 0 Å². The summed E-state index contributed by atoms with van der Waals surface area (Å²) in [6.07, 6.45) is 0.767. The van der Waals surface area contributed by atoms with Crippen LogP contribution in [0.1, 0.15) is 31.9 Å². The van der Waals surface area contributed by atoms with Crippen LogP contribution < -0.4 is 17.0 Å². The molecule has 0 saturated carbocycles. The van der Waals surface area contributed by atoms with Gasteiger partial charge in [-0.1, -0.05) is 0 Å². The fourth-order valence-corrected chi connectivity index (χ4v) is 57.8. The normalized spacial score (nSPS) is 14.0. The van der Waals surface area contributed by atoms with Gasteiger partial charge in [0, 0.05) is 0 Å². The molecule has 0 atom stereocenters. The maximum atomic E-state index is 13.7. The van der Waals surface area contributed by atoms with E-state index in [1.54, 1.807) is 0 Å². The van der Waals surface area contributed by atoms with Crippen LogP contribution in [0.5, 0.6) is 0 Å². The molecule has 36 heavy (non-hydrogen) atoms. The molecule has 0 radical (unpaired) electrons. The second-order valence-electron chi connectivity index (χ2n) is 10.7. The second-order valence-corrected chi connectivity index (χ2v) is 59.6. The van der Waals surface area contributed by atoms with Gasteiger partial charge in [0.25, 0.3) is 0 Å². The Morgan fingerprint density at radius 3 is 1.86 bits per heavy atom. The second kappa shape index (κ2) is 9.40. The Morgan fingerprint density at radius 2 is 1.28 bits per heavy atom. The molecule has 0 aromatic heterocycles. The molecule has 1 aliphatic rings. The summed E-state index contributed by atoms with van der Waals surface area (Å²) in [5.74, 6) is -2.46. The molecule has 4 aromatic rings. The molecule has 5 rings (SSSR count). The molecule has 0 spiro atoms. The number of rotatable bonds is 5. The molecule has 0 bridgehead atoms. The van der Waals surface area contributed by atoms with Crippen molar-refractivity contribution in [3.8, 4) is 11.1 Å². The van der Waals surface area contributed by atoms with E-state index in [0.29, 0.717) is 0 Å². The van der Waals surface area contributed by atoms with Crippen molar-refractivity contribution in [2.24, 2.45) is 5.41 Å². The van der Waals surface area contributed by atoms with Crippen LogP contribution in [0.15, 0.2) is 103 Å². The van der Waals surface area contributed by atoms with E-state index in [9.17, 15) is 4.79 Å². The molecule has 1 N–H and O–H groups in total. The van der Waals surface area contributed by atoms with E-state index in [0.717, 1.165) is 25.7 Å². The van der Waals surface area contributed by atoms with E-state index in [2.05, 4.69) is 70.0 Å². The fraction of sp³-hybridized carbons (Fsp3) is 0.167. The molecule has 6 heteroatoms. The molecule has 0 aliphatic heterocycles. The summed E-state index contributed by atoms with van der Waals surface area (Å²) >= 11 is -5.54. The van der Waals surface area contributed by atoms with Crippen LogP contribution in [0, 0.1) is 5.41 Å². The third-order valence-corrected chi connectivity index (χ3v) is 55.4. The van der Waals surface area contributed by atoms with Crippen LogP contribution in [0.2, 0.25) is 0 Å². The molecule has 1 amide bonds. The van der Waals surface area contributed by atoms with Gasteiger partial charge in [0.15, 0.2) is 0 Å². The van der Waals surface area contributed by atoms with Crippen LogP contribution in [0.3, 0.4) is 0 Å². The Bertz CT molecular complexity index is 1400. The molecule has 0 saturated heterocycles. The number of hydrogen-bond donors (Lipinski definition) is 1. The molecule has 0 fully saturated rings. The number of halogens is 2. The quantitative estimate of drug-likeness (QED) is 0.242. The van der Waals surface area contributed by atoms with Crippen molar-refractivity contribution in [1.29, 1.82) is 0 Å². The summed E-state index contributed by atoms with van der Waals surface area (Å²) in [5.41, 5.74) is 4.20. The van der Waals surface area contributed by atoms with Crippen LogP contribution in [0.25, 0.3) is 11.1 Å². The van der Waals surface area contributed by atoms with E-state index >= 15 is 0 Å². The number of nitrogens with one attached hydrogen (secondary N) is 1.